The van der Waals surface area contributed by atoms with Crippen molar-refractivity contribution in [3.8, 4) is 5.75 Å². The van der Waals surface area contributed by atoms with Gasteiger partial charge >= 0.3 is 0 Å². The number of aryl methyl sites for hydroxylation is 1. The van der Waals surface area contributed by atoms with E-state index >= 15 is 0 Å². The Kier molecular flexibility index (Phi) is 4.69. The Morgan fingerprint density at radius 1 is 1.38 bits per heavy atom. The lowest BCUT2D eigenvalue weighted by atomic mass is 9.93. The summed E-state index contributed by atoms with van der Waals surface area (Å²) in [5.74, 6) is 1.68. The molecule has 9 heteroatoms. The largest absolute Gasteiger partial charge is 0.491 e. The number of aromatic nitrogens is 2. The lowest BCUT2D eigenvalue weighted by molar-refractivity contribution is 0.0920. The average Bonchev–Trinajstić information content (AvgIpc) is 3.15. The number of carbonyl (C=O) groups is 1. The van der Waals surface area contributed by atoms with Crippen molar-refractivity contribution in [3.05, 3.63) is 40.5 Å². The van der Waals surface area contributed by atoms with Crippen LogP contribution >= 0.6 is 11.3 Å². The van der Waals surface area contributed by atoms with E-state index in [9.17, 15) is 4.79 Å². The highest BCUT2D eigenvalue weighted by atomic mass is 32.1. The predicted molar refractivity (Wildman–Crippen MR) is 126 cm³/mol. The van der Waals surface area contributed by atoms with Gasteiger partial charge in [0.25, 0.3) is 5.91 Å². The number of rotatable bonds is 3. The second-order valence-corrected chi connectivity index (χ2v) is 9.97. The zero-order chi connectivity index (χ0) is 21.8. The number of nitrogen functional groups attached to an aromatic ring is 1. The van der Waals surface area contributed by atoms with Gasteiger partial charge in [0.15, 0.2) is 0 Å². The number of hydrogen-bond acceptors (Lipinski definition) is 8. The molecular weight excluding hydrogens is 424 g/mol. The van der Waals surface area contributed by atoms with Gasteiger partial charge in [-0.3, -0.25) is 4.79 Å². The highest BCUT2D eigenvalue weighted by Crippen LogP contribution is 2.34. The molecule has 1 amide bonds. The van der Waals surface area contributed by atoms with Crippen LogP contribution in [0.3, 0.4) is 0 Å². The zero-order valence-corrected chi connectivity index (χ0v) is 18.7. The summed E-state index contributed by atoms with van der Waals surface area (Å²) in [5, 5.41) is 7.49. The first-order chi connectivity index (χ1) is 15.5. The van der Waals surface area contributed by atoms with E-state index in [-0.39, 0.29) is 11.9 Å². The van der Waals surface area contributed by atoms with Crippen molar-refractivity contribution in [1.29, 1.82) is 0 Å². The molecule has 7 heterocycles. The van der Waals surface area contributed by atoms with Crippen LogP contribution in [-0.4, -0.2) is 53.7 Å². The van der Waals surface area contributed by atoms with E-state index < -0.39 is 0 Å². The molecule has 7 rings (SSSR count). The molecule has 4 N–H and O–H groups in total. The second kappa shape index (κ2) is 7.60. The normalized spacial score (nSPS) is 24.3. The fourth-order valence-corrected chi connectivity index (χ4v) is 6.05. The number of piperazine rings is 1. The van der Waals surface area contributed by atoms with Crippen LogP contribution in [0.5, 0.6) is 5.75 Å². The monoisotopic (exact) mass is 450 g/mol. The van der Waals surface area contributed by atoms with E-state index in [0.29, 0.717) is 35.7 Å². The number of pyridine rings is 2. The number of thiophene rings is 1. The van der Waals surface area contributed by atoms with E-state index in [0.717, 1.165) is 46.1 Å². The van der Waals surface area contributed by atoms with E-state index in [1.54, 1.807) is 0 Å². The van der Waals surface area contributed by atoms with Gasteiger partial charge in [0.1, 0.15) is 27.9 Å². The molecule has 166 valence electrons. The molecule has 3 fully saturated rings. The van der Waals surface area contributed by atoms with Crippen LogP contribution in [0.4, 0.5) is 11.5 Å². The highest BCUT2D eigenvalue weighted by molar-refractivity contribution is 7.21. The number of fused-ring (bicyclic) bond motifs is 5. The highest BCUT2D eigenvalue weighted by Gasteiger charge is 2.35. The third-order valence-electron chi connectivity index (χ3n) is 6.75. The van der Waals surface area contributed by atoms with Gasteiger partial charge in [-0.1, -0.05) is 0 Å². The molecule has 0 saturated carbocycles. The van der Waals surface area contributed by atoms with E-state index in [4.69, 9.17) is 15.5 Å². The van der Waals surface area contributed by atoms with Gasteiger partial charge in [-0.2, -0.15) is 0 Å². The maximum Gasteiger partial charge on any atom is 0.263 e. The Hall–Kier alpha value is -2.91. The van der Waals surface area contributed by atoms with Gasteiger partial charge in [-0.15, -0.1) is 11.3 Å². The molecule has 0 aromatic carbocycles. The van der Waals surface area contributed by atoms with Gasteiger partial charge < -0.3 is 26.0 Å². The van der Waals surface area contributed by atoms with Gasteiger partial charge in [0.2, 0.25) is 0 Å². The molecule has 8 nitrogen and oxygen atoms in total. The second-order valence-electron chi connectivity index (χ2n) is 8.97. The first-order valence-corrected chi connectivity index (χ1v) is 11.9. The van der Waals surface area contributed by atoms with Gasteiger partial charge in [0, 0.05) is 60.5 Å². The van der Waals surface area contributed by atoms with Crippen LogP contribution in [0.2, 0.25) is 0 Å². The maximum atomic E-state index is 12.9. The molecule has 3 saturated heterocycles. The van der Waals surface area contributed by atoms with Crippen LogP contribution in [0.1, 0.15) is 33.8 Å². The number of piperidine rings is 2. The third kappa shape index (κ3) is 3.36. The van der Waals surface area contributed by atoms with Crippen molar-refractivity contribution in [2.75, 3.05) is 30.3 Å². The molecule has 2 bridgehead atoms. The van der Waals surface area contributed by atoms with Crippen molar-refractivity contribution in [2.45, 2.75) is 44.3 Å². The predicted octanol–water partition coefficient (Wildman–Crippen LogP) is 2.26. The zero-order valence-electron chi connectivity index (χ0n) is 17.9. The minimum atomic E-state index is -0.179. The summed E-state index contributed by atoms with van der Waals surface area (Å²) in [5.41, 5.74) is 8.66. The molecule has 4 aliphatic rings. The Morgan fingerprint density at radius 2 is 2.28 bits per heavy atom. The van der Waals surface area contributed by atoms with Crippen molar-refractivity contribution in [3.63, 3.8) is 0 Å². The number of nitrogens with zero attached hydrogens (tertiary/aromatic N) is 3. The molecule has 0 spiro atoms. The van der Waals surface area contributed by atoms with E-state index in [1.807, 2.05) is 25.3 Å². The summed E-state index contributed by atoms with van der Waals surface area (Å²) >= 11 is 1.33. The van der Waals surface area contributed by atoms with E-state index in [2.05, 4.69) is 26.6 Å². The number of nitrogens with one attached hydrogen (secondary N) is 2. The number of hydrogen-bond donors (Lipinski definition) is 3. The first kappa shape index (κ1) is 19.8. The summed E-state index contributed by atoms with van der Waals surface area (Å²) in [6.07, 6.45) is 5.04. The lowest BCUT2D eigenvalue weighted by Crippen LogP contribution is -2.61. The third-order valence-corrected chi connectivity index (χ3v) is 7.87. The number of amides is 1. The molecular formula is C23H26N6O2S. The van der Waals surface area contributed by atoms with Crippen molar-refractivity contribution in [2.24, 2.45) is 0 Å². The smallest absolute Gasteiger partial charge is 0.263 e. The molecule has 3 aromatic rings. The van der Waals surface area contributed by atoms with Gasteiger partial charge in [-0.05, 0) is 31.9 Å². The van der Waals surface area contributed by atoms with Crippen molar-refractivity contribution < 1.29 is 9.53 Å². The number of nitrogens with two attached hydrogens (primary N) is 1. The van der Waals surface area contributed by atoms with Gasteiger partial charge in [-0.25, -0.2) is 9.97 Å². The van der Waals surface area contributed by atoms with Crippen LogP contribution < -0.4 is 26.0 Å². The SMILES string of the molecule is Cc1ccc2c(N)c(C(=O)N[C@H]3COc4cc(N5C[C@@H]6CC[C@@H]5CN6)ncc4C3)sc2n1. The summed E-state index contributed by atoms with van der Waals surface area (Å²) in [7, 11) is 0. The molecule has 32 heavy (non-hydrogen) atoms. The summed E-state index contributed by atoms with van der Waals surface area (Å²) in [6.45, 7) is 4.38. The molecule has 4 aliphatic heterocycles. The number of anilines is 2. The molecule has 0 unspecified atom stereocenters. The molecule has 0 radical (unpaired) electrons. The Labute approximate surface area is 190 Å². The first-order valence-electron chi connectivity index (χ1n) is 11.1. The van der Waals surface area contributed by atoms with Crippen molar-refractivity contribution in [1.82, 2.24) is 20.6 Å². The van der Waals surface area contributed by atoms with E-state index in [1.165, 1.54) is 24.2 Å². The fraction of sp³-hybridized carbons (Fsp3) is 0.435. The van der Waals surface area contributed by atoms with Crippen LogP contribution in [-0.2, 0) is 6.42 Å². The molecule has 3 aromatic heterocycles. The summed E-state index contributed by atoms with van der Waals surface area (Å²) < 4.78 is 6.05. The number of carbonyl (C=O) groups excluding carboxylic acids is 1. The fourth-order valence-electron chi connectivity index (χ4n) is 5.01. The van der Waals surface area contributed by atoms with Crippen LogP contribution in [0.15, 0.2) is 24.4 Å². The topological polar surface area (TPSA) is 105 Å². The van der Waals surface area contributed by atoms with Crippen LogP contribution in [0.25, 0.3) is 10.2 Å². The Bertz CT molecular complexity index is 1200. The minimum Gasteiger partial charge on any atom is -0.491 e. The Morgan fingerprint density at radius 3 is 3.06 bits per heavy atom. The Balaban J connectivity index is 1.17. The molecule has 0 aliphatic carbocycles. The quantitative estimate of drug-likeness (QED) is 0.562. The average molecular weight is 451 g/mol. The molecule has 3 atom stereocenters. The van der Waals surface area contributed by atoms with Crippen molar-refractivity contribution >= 4 is 39.0 Å². The van der Waals surface area contributed by atoms with Crippen LogP contribution in [0, 0.1) is 6.92 Å². The maximum absolute atomic E-state index is 12.9. The summed E-state index contributed by atoms with van der Waals surface area (Å²) in [4.78, 5) is 25.9. The van der Waals surface area contributed by atoms with Gasteiger partial charge in [0.05, 0.1) is 11.7 Å². The number of ether oxygens (including phenoxy) is 1. The lowest BCUT2D eigenvalue weighted by Gasteiger charge is -2.46. The summed E-state index contributed by atoms with van der Waals surface area (Å²) in [6, 6.07) is 6.83. The minimum absolute atomic E-state index is 0.128. The standard InChI is InChI=1S/C23H26N6O2S/c1-12-2-5-17-20(24)21(32-23(17)27-12)22(30)28-15-6-13-8-26-19(7-18(13)31-11-15)29-10-14-3-4-16(29)9-25-14/h2,5,7-8,14-16,25H,3-4,6,9-11,24H2,1H3,(H,28,30)/t14-,15+,16+/m0/s1.